The van der Waals surface area contributed by atoms with E-state index in [1.165, 1.54) is 0 Å². The molecule has 27 heavy (non-hydrogen) atoms. The van der Waals surface area contributed by atoms with Crippen molar-refractivity contribution in [2.75, 3.05) is 19.6 Å². The first kappa shape index (κ1) is 19.6. The molecule has 0 aliphatic carbocycles. The predicted molar refractivity (Wildman–Crippen MR) is 107 cm³/mol. The lowest BCUT2D eigenvalue weighted by atomic mass is 10.0. The summed E-state index contributed by atoms with van der Waals surface area (Å²) in [5, 5.41) is 8.83. The summed E-state index contributed by atoms with van der Waals surface area (Å²) in [5.41, 5.74) is 2.84. The monoisotopic (exact) mass is 406 g/mol. The zero-order valence-electron chi connectivity index (χ0n) is 14.8. The summed E-state index contributed by atoms with van der Waals surface area (Å²) in [6, 6.07) is 9.42. The van der Waals surface area contributed by atoms with Crippen molar-refractivity contribution < 1.29 is 9.32 Å². The second-order valence-electron chi connectivity index (χ2n) is 6.33. The number of rotatable bonds is 3. The number of aromatic nitrogens is 2. The van der Waals surface area contributed by atoms with E-state index in [-0.39, 0.29) is 24.4 Å². The molecule has 1 fully saturated rings. The third-order valence-electron chi connectivity index (χ3n) is 4.72. The quantitative estimate of drug-likeness (QED) is 0.718. The van der Waals surface area contributed by atoms with Crippen LogP contribution in [0, 0.1) is 0 Å². The van der Waals surface area contributed by atoms with Crippen LogP contribution < -0.4 is 5.32 Å². The molecular formula is C19H20Cl2N4O2. The van der Waals surface area contributed by atoms with Crippen LogP contribution in [-0.4, -0.2) is 40.6 Å². The van der Waals surface area contributed by atoms with Gasteiger partial charge in [-0.25, -0.2) is 4.98 Å². The first-order valence-electron chi connectivity index (χ1n) is 8.69. The van der Waals surface area contributed by atoms with Gasteiger partial charge in [0.05, 0.1) is 22.7 Å². The molecule has 2 aromatic heterocycles. The summed E-state index contributed by atoms with van der Waals surface area (Å²) in [7, 11) is 0. The molecule has 0 radical (unpaired) electrons. The zero-order valence-corrected chi connectivity index (χ0v) is 16.4. The molecule has 1 saturated heterocycles. The predicted octanol–water partition coefficient (Wildman–Crippen LogP) is 3.65. The Morgan fingerprint density at radius 2 is 2.26 bits per heavy atom. The fourth-order valence-electron chi connectivity index (χ4n) is 3.38. The minimum Gasteiger partial charge on any atom is -0.336 e. The molecule has 3 aromatic rings. The van der Waals surface area contributed by atoms with Crippen molar-refractivity contribution in [2.45, 2.75) is 19.4 Å². The van der Waals surface area contributed by atoms with Gasteiger partial charge in [-0.3, -0.25) is 4.79 Å². The highest BCUT2D eigenvalue weighted by Crippen LogP contribution is 2.27. The Hall–Kier alpha value is -2.15. The summed E-state index contributed by atoms with van der Waals surface area (Å²) in [6.45, 7) is 4.07. The molecule has 1 aromatic carbocycles. The minimum atomic E-state index is -0.0706. The van der Waals surface area contributed by atoms with Gasteiger partial charge in [0, 0.05) is 30.9 Å². The number of piperazine rings is 1. The Labute approximate surface area is 168 Å². The van der Waals surface area contributed by atoms with Crippen LogP contribution in [0.3, 0.4) is 0 Å². The van der Waals surface area contributed by atoms with Crippen LogP contribution in [0.25, 0.3) is 11.1 Å². The van der Waals surface area contributed by atoms with Gasteiger partial charge in [0.15, 0.2) is 0 Å². The SMILES string of the molecule is CCc1noc2ncc(C(=O)N3CCNCC3c3cccc(Cl)c3)cc12.Cl. The van der Waals surface area contributed by atoms with Crippen molar-refractivity contribution in [2.24, 2.45) is 0 Å². The maximum Gasteiger partial charge on any atom is 0.257 e. The van der Waals surface area contributed by atoms with Crippen LogP contribution in [0.15, 0.2) is 41.1 Å². The van der Waals surface area contributed by atoms with Crippen LogP contribution in [0.1, 0.15) is 34.6 Å². The molecule has 0 saturated carbocycles. The molecule has 4 rings (SSSR count). The van der Waals surface area contributed by atoms with E-state index in [9.17, 15) is 4.79 Å². The van der Waals surface area contributed by atoms with E-state index in [1.807, 2.05) is 42.2 Å². The number of benzene rings is 1. The molecule has 1 aliphatic heterocycles. The molecule has 0 bridgehead atoms. The number of hydrogen-bond donors (Lipinski definition) is 1. The van der Waals surface area contributed by atoms with Crippen molar-refractivity contribution in [1.29, 1.82) is 0 Å². The largest absolute Gasteiger partial charge is 0.336 e. The van der Waals surface area contributed by atoms with E-state index in [1.54, 1.807) is 6.20 Å². The van der Waals surface area contributed by atoms with Crippen molar-refractivity contribution in [3.63, 3.8) is 0 Å². The average Bonchev–Trinajstić information content (AvgIpc) is 3.09. The van der Waals surface area contributed by atoms with Gasteiger partial charge in [0.25, 0.3) is 11.6 Å². The molecule has 8 heteroatoms. The Balaban J connectivity index is 0.00000210. The number of pyridine rings is 1. The highest BCUT2D eigenvalue weighted by Gasteiger charge is 2.29. The second kappa shape index (κ2) is 8.25. The van der Waals surface area contributed by atoms with Crippen LogP contribution in [0.4, 0.5) is 0 Å². The third-order valence-corrected chi connectivity index (χ3v) is 4.96. The minimum absolute atomic E-state index is 0. The molecule has 142 valence electrons. The summed E-state index contributed by atoms with van der Waals surface area (Å²) < 4.78 is 5.21. The molecule has 1 aliphatic rings. The van der Waals surface area contributed by atoms with Gasteiger partial charge in [0.1, 0.15) is 0 Å². The van der Waals surface area contributed by atoms with E-state index >= 15 is 0 Å². The van der Waals surface area contributed by atoms with E-state index in [4.69, 9.17) is 16.1 Å². The highest BCUT2D eigenvalue weighted by atomic mass is 35.5. The topological polar surface area (TPSA) is 71.3 Å². The number of hydrogen-bond acceptors (Lipinski definition) is 5. The van der Waals surface area contributed by atoms with Gasteiger partial charge in [0.2, 0.25) is 0 Å². The molecule has 1 unspecified atom stereocenters. The number of carbonyl (C=O) groups is 1. The van der Waals surface area contributed by atoms with Gasteiger partial charge in [-0.1, -0.05) is 35.8 Å². The Morgan fingerprint density at radius 1 is 1.41 bits per heavy atom. The van der Waals surface area contributed by atoms with Gasteiger partial charge in [-0.05, 0) is 30.2 Å². The smallest absolute Gasteiger partial charge is 0.257 e. The summed E-state index contributed by atoms with van der Waals surface area (Å²) in [4.78, 5) is 19.4. The number of carbonyl (C=O) groups excluding carboxylic acids is 1. The fourth-order valence-corrected chi connectivity index (χ4v) is 3.57. The number of aryl methyl sites for hydroxylation is 1. The highest BCUT2D eigenvalue weighted by molar-refractivity contribution is 6.30. The van der Waals surface area contributed by atoms with Gasteiger partial charge in [-0.15, -0.1) is 12.4 Å². The molecule has 6 nitrogen and oxygen atoms in total. The molecular weight excluding hydrogens is 387 g/mol. The lowest BCUT2D eigenvalue weighted by Gasteiger charge is -2.36. The first-order valence-corrected chi connectivity index (χ1v) is 9.06. The second-order valence-corrected chi connectivity index (χ2v) is 6.77. The van der Waals surface area contributed by atoms with Gasteiger partial charge >= 0.3 is 0 Å². The normalized spacial score (nSPS) is 17.0. The van der Waals surface area contributed by atoms with Crippen LogP contribution in [0.2, 0.25) is 5.02 Å². The number of fused-ring (bicyclic) bond motifs is 1. The molecule has 1 amide bonds. The fraction of sp³-hybridized carbons (Fsp3) is 0.316. The van der Waals surface area contributed by atoms with Crippen molar-refractivity contribution in [3.05, 3.63) is 58.4 Å². The molecule has 1 atom stereocenters. The van der Waals surface area contributed by atoms with Crippen molar-refractivity contribution in [1.82, 2.24) is 20.4 Å². The molecule has 3 heterocycles. The molecule has 0 spiro atoms. The zero-order chi connectivity index (χ0) is 18.1. The lowest BCUT2D eigenvalue weighted by molar-refractivity contribution is 0.0634. The molecule has 1 N–H and O–H groups in total. The van der Waals surface area contributed by atoms with Crippen molar-refractivity contribution >= 4 is 41.0 Å². The van der Waals surface area contributed by atoms with Gasteiger partial charge < -0.3 is 14.7 Å². The van der Waals surface area contributed by atoms with E-state index < -0.39 is 0 Å². The maximum atomic E-state index is 13.2. The number of nitrogens with one attached hydrogen (secondary N) is 1. The summed E-state index contributed by atoms with van der Waals surface area (Å²) in [6.07, 6.45) is 2.29. The number of halogens is 2. The summed E-state index contributed by atoms with van der Waals surface area (Å²) >= 11 is 6.14. The van der Waals surface area contributed by atoms with Crippen molar-refractivity contribution in [3.8, 4) is 0 Å². The third kappa shape index (κ3) is 3.78. The standard InChI is InChI=1S/C19H19ClN4O2.ClH/c1-2-16-15-9-13(10-22-18(15)26-23-16)19(25)24-7-6-21-11-17(24)12-4-3-5-14(20)8-12;/h3-5,8-10,17,21H,2,6-7,11H2,1H3;1H. The Bertz CT molecular complexity index is 960. The maximum absolute atomic E-state index is 13.2. The first-order chi connectivity index (χ1) is 12.7. The van der Waals surface area contributed by atoms with Crippen LogP contribution in [-0.2, 0) is 6.42 Å². The van der Waals surface area contributed by atoms with E-state index in [0.29, 0.717) is 29.4 Å². The Kier molecular flexibility index (Phi) is 5.99. The van der Waals surface area contributed by atoms with E-state index in [2.05, 4.69) is 15.5 Å². The Morgan fingerprint density at radius 3 is 3.04 bits per heavy atom. The number of amides is 1. The number of nitrogens with zero attached hydrogens (tertiary/aromatic N) is 3. The van der Waals surface area contributed by atoms with Gasteiger partial charge in [-0.2, -0.15) is 0 Å². The summed E-state index contributed by atoms with van der Waals surface area (Å²) in [5.74, 6) is -0.0471. The van der Waals surface area contributed by atoms with Crippen LogP contribution in [0.5, 0.6) is 0 Å². The van der Waals surface area contributed by atoms with Crippen LogP contribution >= 0.6 is 24.0 Å². The average molecular weight is 407 g/mol. The van der Waals surface area contributed by atoms with E-state index in [0.717, 1.165) is 29.6 Å². The lowest BCUT2D eigenvalue weighted by Crippen LogP contribution is -2.48.